The first-order valence-corrected chi connectivity index (χ1v) is 24.4. The SMILES string of the molecule is CC(C)(C)c1ccc(N2c3cc4ccccc4c4c3B(c3oc5cc6c(cc5c32)C(C)(C)CCC6(C)C)n2c3ccc(C(C)(C)C)cc3c3cc(C(C)(C)C)cc-4c32)c(-c2ccccc2)c1. The fraction of sp³-hybridized carbons (Fsp3) is 0.323. The van der Waals surface area contributed by atoms with Gasteiger partial charge in [-0.15, -0.1) is 0 Å². The molecule has 0 saturated carbocycles. The fourth-order valence-electron chi connectivity index (χ4n) is 12.0. The molecule has 0 saturated heterocycles. The van der Waals surface area contributed by atoms with Crippen molar-refractivity contribution in [3.05, 3.63) is 149 Å². The van der Waals surface area contributed by atoms with E-state index >= 15 is 0 Å². The molecule has 2 aliphatic heterocycles. The van der Waals surface area contributed by atoms with Gasteiger partial charge in [0.25, 0.3) is 0 Å². The Morgan fingerprint density at radius 3 is 1.83 bits per heavy atom. The standard InChI is InChI=1S/C62H63BN2O/c1-58(2,3)38-23-25-49(42(30-38)36-19-15-14-16-20-36)64-51-29-37-21-17-18-22-41(37)53-46-33-40(60(7,8)9)32-44-43-31-39(59(4,5)6)24-26-50(43)65(55(44)46)63(54(51)53)57-56(64)45-34-47-48(35-52(45)66-57)62(12,13)28-27-61(47,10)11/h14-26,29-35H,27-28H2,1-13H3. The molecule has 1 aliphatic carbocycles. The zero-order valence-electron chi connectivity index (χ0n) is 41.3. The Balaban J connectivity index is 1.30. The van der Waals surface area contributed by atoms with E-state index in [1.807, 2.05) is 0 Å². The lowest BCUT2D eigenvalue weighted by Gasteiger charge is -2.42. The summed E-state index contributed by atoms with van der Waals surface area (Å²) in [6.07, 6.45) is 2.29. The van der Waals surface area contributed by atoms with E-state index in [0.29, 0.717) is 0 Å². The van der Waals surface area contributed by atoms with Crippen molar-refractivity contribution in [3.8, 4) is 22.3 Å². The Morgan fingerprint density at radius 1 is 0.530 bits per heavy atom. The van der Waals surface area contributed by atoms with Crippen molar-refractivity contribution in [1.29, 1.82) is 0 Å². The molecular formula is C62H63BN2O. The molecule has 0 N–H and O–H groups in total. The van der Waals surface area contributed by atoms with Gasteiger partial charge in [-0.05, 0) is 150 Å². The molecule has 0 atom stereocenters. The fourth-order valence-corrected chi connectivity index (χ4v) is 12.0. The van der Waals surface area contributed by atoms with E-state index in [2.05, 4.69) is 221 Å². The number of aromatic nitrogens is 1. The summed E-state index contributed by atoms with van der Waals surface area (Å²) in [5.74, 6) is 0. The van der Waals surface area contributed by atoms with E-state index in [9.17, 15) is 0 Å². The molecule has 0 fully saturated rings. The summed E-state index contributed by atoms with van der Waals surface area (Å²) in [4.78, 5) is 2.63. The maximum Gasteiger partial charge on any atom is 0.376 e. The Labute approximate surface area is 391 Å². The molecule has 0 unspecified atom stereocenters. The maximum atomic E-state index is 7.71. The van der Waals surface area contributed by atoms with Crippen molar-refractivity contribution in [2.45, 2.75) is 130 Å². The topological polar surface area (TPSA) is 21.3 Å². The van der Waals surface area contributed by atoms with E-state index in [4.69, 9.17) is 4.42 Å². The van der Waals surface area contributed by atoms with Gasteiger partial charge in [0.2, 0.25) is 0 Å². The normalized spacial score (nSPS) is 16.3. The van der Waals surface area contributed by atoms with Gasteiger partial charge in [0, 0.05) is 44.0 Å². The minimum Gasteiger partial charge on any atom is -0.466 e. The van der Waals surface area contributed by atoms with Crippen molar-refractivity contribution < 1.29 is 4.42 Å². The Morgan fingerprint density at radius 2 is 1.14 bits per heavy atom. The molecule has 3 nitrogen and oxygen atoms in total. The second-order valence-electron chi connectivity index (χ2n) is 24.5. The third-order valence-electron chi connectivity index (χ3n) is 16.1. The Bertz CT molecular complexity index is 3540. The average molecular weight is 863 g/mol. The van der Waals surface area contributed by atoms with E-state index in [1.54, 1.807) is 0 Å². The molecule has 12 rings (SSSR count). The molecule has 0 radical (unpaired) electrons. The van der Waals surface area contributed by atoms with Gasteiger partial charge in [-0.25, -0.2) is 0 Å². The average Bonchev–Trinajstić information content (AvgIpc) is 3.81. The number of benzene rings is 7. The lowest BCUT2D eigenvalue weighted by atomic mass is 9.47. The van der Waals surface area contributed by atoms with Crippen LogP contribution < -0.4 is 16.0 Å². The molecule has 0 bridgehead atoms. The second-order valence-corrected chi connectivity index (χ2v) is 24.5. The molecule has 7 aromatic carbocycles. The summed E-state index contributed by atoms with van der Waals surface area (Å²) in [6.45, 7) is 30.6. The Kier molecular flexibility index (Phi) is 8.37. The van der Waals surface area contributed by atoms with E-state index in [1.165, 1.54) is 99.2 Å². The summed E-state index contributed by atoms with van der Waals surface area (Å²) in [5, 5.41) is 6.34. The lowest BCUT2D eigenvalue weighted by Crippen LogP contribution is -2.56. The van der Waals surface area contributed by atoms with Crippen LogP contribution in [0.2, 0.25) is 0 Å². The highest BCUT2D eigenvalue weighted by atomic mass is 16.3. The van der Waals surface area contributed by atoms with Gasteiger partial charge in [-0.1, -0.05) is 157 Å². The highest BCUT2D eigenvalue weighted by Gasteiger charge is 2.48. The minimum atomic E-state index is -0.209. The molecule has 4 heteroatoms. The molecule has 66 heavy (non-hydrogen) atoms. The van der Waals surface area contributed by atoms with Crippen LogP contribution >= 0.6 is 0 Å². The third kappa shape index (κ3) is 5.82. The van der Waals surface area contributed by atoms with Crippen molar-refractivity contribution in [2.75, 3.05) is 4.90 Å². The van der Waals surface area contributed by atoms with Crippen molar-refractivity contribution in [2.24, 2.45) is 0 Å². The molecule has 2 aromatic heterocycles. The predicted molar refractivity (Wildman–Crippen MR) is 284 cm³/mol. The third-order valence-corrected chi connectivity index (χ3v) is 16.1. The van der Waals surface area contributed by atoms with Crippen LogP contribution in [0.5, 0.6) is 0 Å². The number of anilines is 3. The molecule has 0 spiro atoms. The molecule has 4 heterocycles. The van der Waals surface area contributed by atoms with Gasteiger partial charge in [0.1, 0.15) is 11.2 Å². The van der Waals surface area contributed by atoms with Crippen LogP contribution in [0.25, 0.3) is 65.8 Å². The molecule has 0 amide bonds. The van der Waals surface area contributed by atoms with Crippen LogP contribution in [-0.4, -0.2) is 11.3 Å². The highest BCUT2D eigenvalue weighted by Crippen LogP contribution is 2.54. The summed E-state index contributed by atoms with van der Waals surface area (Å²) in [6, 6.07) is 47.2. The van der Waals surface area contributed by atoms with Crippen LogP contribution in [0.3, 0.4) is 0 Å². The monoisotopic (exact) mass is 863 g/mol. The van der Waals surface area contributed by atoms with Gasteiger partial charge >= 0.3 is 6.85 Å². The number of fused-ring (bicyclic) bond motifs is 12. The van der Waals surface area contributed by atoms with Crippen molar-refractivity contribution in [1.82, 2.24) is 4.48 Å². The lowest BCUT2D eigenvalue weighted by molar-refractivity contribution is 0.332. The number of nitrogens with zero attached hydrogens (tertiary/aromatic N) is 2. The summed E-state index contributed by atoms with van der Waals surface area (Å²) >= 11 is 0. The van der Waals surface area contributed by atoms with Gasteiger partial charge in [0.15, 0.2) is 0 Å². The largest absolute Gasteiger partial charge is 0.466 e. The van der Waals surface area contributed by atoms with E-state index in [0.717, 1.165) is 35.5 Å². The summed E-state index contributed by atoms with van der Waals surface area (Å²) in [7, 11) is 0. The quantitative estimate of drug-likeness (QED) is 0.162. The number of hydrogen-bond donors (Lipinski definition) is 0. The number of hydrogen-bond acceptors (Lipinski definition) is 2. The van der Waals surface area contributed by atoms with Crippen LogP contribution in [0.1, 0.15) is 131 Å². The second kappa shape index (κ2) is 13.3. The first-order valence-electron chi connectivity index (χ1n) is 24.4. The van der Waals surface area contributed by atoms with Gasteiger partial charge < -0.3 is 13.8 Å². The van der Waals surface area contributed by atoms with Gasteiger partial charge in [-0.2, -0.15) is 0 Å². The van der Waals surface area contributed by atoms with Gasteiger partial charge in [0.05, 0.1) is 11.4 Å². The minimum absolute atomic E-state index is 0.00347. The first-order chi connectivity index (χ1) is 31.1. The molecule has 330 valence electrons. The van der Waals surface area contributed by atoms with Crippen LogP contribution in [0.15, 0.2) is 126 Å². The number of rotatable bonds is 2. The van der Waals surface area contributed by atoms with Crippen LogP contribution in [0.4, 0.5) is 17.1 Å². The number of furan rings is 1. The highest BCUT2D eigenvalue weighted by molar-refractivity contribution is 6.90. The molecule has 3 aliphatic rings. The first kappa shape index (κ1) is 41.4. The zero-order valence-corrected chi connectivity index (χ0v) is 41.3. The van der Waals surface area contributed by atoms with E-state index < -0.39 is 0 Å². The molecular weight excluding hydrogens is 800 g/mol. The predicted octanol–water partition coefficient (Wildman–Crippen LogP) is 16.0. The molecule has 9 aromatic rings. The van der Waals surface area contributed by atoms with Gasteiger partial charge in [-0.3, -0.25) is 0 Å². The van der Waals surface area contributed by atoms with E-state index in [-0.39, 0.29) is 33.9 Å². The summed E-state index contributed by atoms with van der Waals surface area (Å²) in [5.41, 5.74) is 21.2. The van der Waals surface area contributed by atoms with Crippen LogP contribution in [-0.2, 0) is 27.1 Å². The Hall–Kier alpha value is -6.00. The van der Waals surface area contributed by atoms with Crippen molar-refractivity contribution >= 4 is 78.6 Å². The van der Waals surface area contributed by atoms with Crippen LogP contribution in [0, 0.1) is 0 Å². The zero-order chi connectivity index (χ0) is 46.2. The smallest absolute Gasteiger partial charge is 0.376 e. The maximum absolute atomic E-state index is 7.71. The summed E-state index contributed by atoms with van der Waals surface area (Å²) < 4.78 is 10.4. The van der Waals surface area contributed by atoms with Crippen molar-refractivity contribution in [3.63, 3.8) is 0 Å².